The van der Waals surface area contributed by atoms with E-state index < -0.39 is 0 Å². The summed E-state index contributed by atoms with van der Waals surface area (Å²) in [5, 5.41) is 12.8. The Morgan fingerprint density at radius 3 is 1.40 bits per heavy atom. The van der Waals surface area contributed by atoms with Gasteiger partial charge in [-0.25, -0.2) is 0 Å². The van der Waals surface area contributed by atoms with Crippen LogP contribution in [-0.2, 0) is 9.59 Å². The third kappa shape index (κ3) is 32.0. The van der Waals surface area contributed by atoms with Crippen molar-refractivity contribution >= 4 is 17.8 Å². The van der Waals surface area contributed by atoms with Crippen LogP contribution in [0.4, 0.5) is 0 Å². The van der Waals surface area contributed by atoms with Crippen LogP contribution in [0.1, 0.15) is 0 Å². The zero-order valence-electron chi connectivity index (χ0n) is 7.15. The molecule has 0 bridgehead atoms. The average Bonchev–Trinajstić information content (AvgIpc) is 2.26. The maximum Gasteiger partial charge on any atom is 0.373 e. The van der Waals surface area contributed by atoms with Crippen molar-refractivity contribution in [2.24, 2.45) is 0 Å². The van der Waals surface area contributed by atoms with E-state index in [0.29, 0.717) is 0 Å². The van der Waals surface area contributed by atoms with Crippen LogP contribution in [0, 0.1) is 58.5 Å². The van der Waals surface area contributed by atoms with Gasteiger partial charge in [0.1, 0.15) is 0 Å². The normalized spacial score (nSPS) is 5.00. The maximum atomic E-state index is 8.12. The first-order valence-corrected chi connectivity index (χ1v) is 3.25. The van der Waals surface area contributed by atoms with Crippen LogP contribution in [0.3, 0.4) is 0 Å². The largest absolute Gasteiger partial charge is 0.373 e. The molecule has 1 rings (SSSR count). The molecule has 0 saturated heterocycles. The summed E-state index contributed by atoms with van der Waals surface area (Å²) in [4.78, 5) is 30.2. The summed E-state index contributed by atoms with van der Waals surface area (Å²) >= 11 is 5.54. The molecule has 0 aromatic heterocycles. The molecule has 0 aliphatic carbocycles. The van der Waals surface area contributed by atoms with E-state index in [0.717, 1.165) is 5.02 Å². The molecule has 8 heteroatoms. The first-order valence-electron chi connectivity index (χ1n) is 2.87. The quantitative estimate of drug-likeness (QED) is 0.654. The second-order valence-electron chi connectivity index (χ2n) is 1.38. The number of rotatable bonds is 0. The Morgan fingerprint density at radius 2 is 1.27 bits per heavy atom. The second-order valence-corrected chi connectivity index (χ2v) is 1.82. The molecule has 0 radical (unpaired) electrons. The summed E-state index contributed by atoms with van der Waals surface area (Å²) in [6.45, 7) is 0. The molecule has 0 atom stereocenters. The Balaban J connectivity index is -0.0000000658. The molecule has 1 aromatic carbocycles. The van der Waals surface area contributed by atoms with Gasteiger partial charge in [-0.1, -0.05) is 29.8 Å². The van der Waals surface area contributed by atoms with Crippen LogP contribution >= 0.6 is 11.6 Å². The van der Waals surface area contributed by atoms with Gasteiger partial charge in [0.25, 0.3) is 0 Å². The van der Waals surface area contributed by atoms with Crippen LogP contribution in [0.25, 0.3) is 0 Å². The summed E-state index contributed by atoms with van der Waals surface area (Å²) in [7, 11) is 0. The average molecular weight is 257 g/mol. The summed E-state index contributed by atoms with van der Waals surface area (Å²) in [5.74, 6) is 0. The monoisotopic (exact) mass is 256 g/mol. The minimum atomic E-state index is 0. The standard InChI is InChI=1S/C6H5Cl.CO2.Ar.N2.O2/c7-6-4-2-1-3-5-6;2-1-3;;2*1-2/h1-5H;;;;. The zero-order valence-corrected chi connectivity index (χ0v) is 8.61. The van der Waals surface area contributed by atoms with Gasteiger partial charge in [-0.3, -0.25) is 0 Å². The molecule has 1 aromatic rings. The number of hydrogen-bond acceptors (Lipinski definition) is 6. The number of benzene rings is 1. The molecule has 0 unspecified atom stereocenters. The third-order valence-corrected chi connectivity index (χ3v) is 0.985. The van der Waals surface area contributed by atoms with Gasteiger partial charge in [0.2, 0.25) is 0 Å². The molecular weight excluding hydrogens is 251 g/mol. The van der Waals surface area contributed by atoms with E-state index in [1.54, 1.807) is 0 Å². The van der Waals surface area contributed by atoms with E-state index in [4.69, 9.17) is 41.9 Å². The number of carbonyl (C=O) groups excluding carboxylic acids is 2. The van der Waals surface area contributed by atoms with E-state index in [9.17, 15) is 0 Å². The van der Waals surface area contributed by atoms with Crippen LogP contribution in [-0.4, -0.2) is 6.15 Å². The van der Waals surface area contributed by atoms with Gasteiger partial charge < -0.3 is 0 Å². The van der Waals surface area contributed by atoms with Crippen LogP contribution in [0.2, 0.25) is 5.02 Å². The summed E-state index contributed by atoms with van der Waals surface area (Å²) in [6.07, 6.45) is 0.250. The SMILES string of the molecule is Clc1ccccc1.N#N.O=C=O.O=O.[Ar]. The van der Waals surface area contributed by atoms with Gasteiger partial charge in [0.15, 0.2) is 0 Å². The number of hydrogen-bond donors (Lipinski definition) is 0. The summed E-state index contributed by atoms with van der Waals surface area (Å²) < 4.78 is 0. The van der Waals surface area contributed by atoms with E-state index in [1.165, 1.54) is 0 Å². The smallest absolute Gasteiger partial charge is 0.186 e. The Hall–Kier alpha value is -0.830. The molecule has 0 aliphatic rings. The van der Waals surface area contributed by atoms with E-state index in [1.807, 2.05) is 30.3 Å². The van der Waals surface area contributed by atoms with Crippen molar-refractivity contribution in [3.8, 4) is 0 Å². The van der Waals surface area contributed by atoms with Gasteiger partial charge >= 0.3 is 6.15 Å². The number of halogens is 1. The Labute approximate surface area is 120 Å². The maximum absolute atomic E-state index is 8.12. The Kier molecular flexibility index (Phi) is 46.3. The Morgan fingerprint density at radius 1 is 1.00 bits per heavy atom. The molecule has 82 valence electrons. The predicted octanol–water partition coefficient (Wildman–Crippen LogP) is 1.85. The zero-order chi connectivity index (χ0) is 11.8. The fraction of sp³-hybridized carbons (Fsp3) is 0. The molecule has 0 heterocycles. The molecular formula is C7H5ArClN2O4. The van der Waals surface area contributed by atoms with Crippen molar-refractivity contribution in [2.75, 3.05) is 0 Å². The van der Waals surface area contributed by atoms with Crippen molar-refractivity contribution < 1.29 is 47.3 Å². The molecule has 0 aliphatic heterocycles. The molecule has 15 heavy (non-hydrogen) atoms. The van der Waals surface area contributed by atoms with E-state index >= 15 is 0 Å². The van der Waals surface area contributed by atoms with Crippen LogP contribution in [0.15, 0.2) is 30.3 Å². The van der Waals surface area contributed by atoms with Gasteiger partial charge in [0.05, 0.1) is 0 Å². The third-order valence-electron chi connectivity index (χ3n) is 0.733. The summed E-state index contributed by atoms with van der Waals surface area (Å²) in [6, 6.07) is 9.44. The second kappa shape index (κ2) is 29.2. The first kappa shape index (κ1) is 23.8. The van der Waals surface area contributed by atoms with Crippen LogP contribution < -0.4 is 0 Å². The van der Waals surface area contributed by atoms with Gasteiger partial charge in [0, 0.05) is 63.5 Å². The minimum Gasteiger partial charge on any atom is -0.186 e. The van der Waals surface area contributed by atoms with Crippen molar-refractivity contribution in [3.63, 3.8) is 0 Å². The van der Waals surface area contributed by atoms with Gasteiger partial charge in [-0.2, -0.15) is 9.59 Å². The van der Waals surface area contributed by atoms with E-state index in [-0.39, 0.29) is 43.9 Å². The van der Waals surface area contributed by atoms with Gasteiger partial charge in [-0.05, 0) is 12.1 Å². The number of nitrogens with zero attached hydrogens (tertiary/aromatic N) is 2. The predicted molar refractivity (Wildman–Crippen MR) is 46.6 cm³/mol. The topological polar surface area (TPSA) is 116 Å². The molecule has 0 saturated carbocycles. The van der Waals surface area contributed by atoms with Crippen molar-refractivity contribution in [1.82, 2.24) is 0 Å². The molecule has 0 N–H and O–H groups in total. The minimum absolute atomic E-state index is 0. The summed E-state index contributed by atoms with van der Waals surface area (Å²) in [5.41, 5.74) is 0. The van der Waals surface area contributed by atoms with Crippen LogP contribution in [0.5, 0.6) is 0 Å². The fourth-order valence-electron chi connectivity index (χ4n) is 0.415. The molecule has 0 spiro atoms. The molecule has 0 fully saturated rings. The van der Waals surface area contributed by atoms with Crippen molar-refractivity contribution in [2.45, 2.75) is 0 Å². The van der Waals surface area contributed by atoms with Crippen molar-refractivity contribution in [3.05, 3.63) is 45.3 Å². The molecule has 6 nitrogen and oxygen atoms in total. The van der Waals surface area contributed by atoms with E-state index in [2.05, 4.69) is 0 Å². The Bertz CT molecular complexity index is 264. The van der Waals surface area contributed by atoms with Gasteiger partial charge in [-0.15, -0.1) is 0 Å². The van der Waals surface area contributed by atoms with Crippen molar-refractivity contribution in [1.29, 1.82) is 10.8 Å². The molecule has 0 amide bonds. The first-order chi connectivity index (χ1) is 6.81. The fourth-order valence-corrected chi connectivity index (χ4v) is 0.560.